The number of rotatable bonds is 5. The van der Waals surface area contributed by atoms with Gasteiger partial charge in [-0.2, -0.15) is 0 Å². The Bertz CT molecular complexity index is 720. The molecule has 0 radical (unpaired) electrons. The van der Waals surface area contributed by atoms with E-state index < -0.39 is 17.4 Å². The molecule has 0 saturated carbocycles. The summed E-state index contributed by atoms with van der Waals surface area (Å²) < 4.78 is 23.2. The Kier molecular flexibility index (Phi) is 4.79. The fourth-order valence-electron chi connectivity index (χ4n) is 2.05. The van der Waals surface area contributed by atoms with Gasteiger partial charge in [0.15, 0.2) is 11.4 Å². The molecule has 0 saturated heterocycles. The van der Waals surface area contributed by atoms with Crippen molar-refractivity contribution < 1.29 is 23.5 Å². The van der Waals surface area contributed by atoms with Gasteiger partial charge < -0.3 is 9.47 Å². The monoisotopic (exact) mass is 316 g/mol. The van der Waals surface area contributed by atoms with Crippen LogP contribution in [-0.4, -0.2) is 24.5 Å². The van der Waals surface area contributed by atoms with Gasteiger partial charge in [-0.05, 0) is 50.2 Å². The summed E-state index contributed by atoms with van der Waals surface area (Å²) in [5.41, 5.74) is -0.419. The average Bonchev–Trinajstić information content (AvgIpc) is 2.54. The van der Waals surface area contributed by atoms with E-state index in [1.54, 1.807) is 32.0 Å². The molecule has 0 aromatic heterocycles. The van der Waals surface area contributed by atoms with E-state index in [2.05, 4.69) is 4.74 Å². The third kappa shape index (κ3) is 3.94. The molecule has 0 aliphatic rings. The maximum absolute atomic E-state index is 12.9. The molecule has 2 aromatic carbocycles. The standard InChI is InChI=1S/C18H17FO4/c1-18(2,17(21)22-3)23-15-6-4-5-13(11-15)16(20)12-7-9-14(19)10-8-12/h4-11H,1-3H3. The van der Waals surface area contributed by atoms with Crippen LogP contribution in [0.2, 0.25) is 0 Å². The van der Waals surface area contributed by atoms with Crippen LogP contribution >= 0.6 is 0 Å². The number of hydrogen-bond acceptors (Lipinski definition) is 4. The number of hydrogen-bond donors (Lipinski definition) is 0. The Hall–Kier alpha value is -2.69. The summed E-state index contributed by atoms with van der Waals surface area (Å²) in [6.45, 7) is 3.15. The van der Waals surface area contributed by atoms with Crippen molar-refractivity contribution in [3.63, 3.8) is 0 Å². The van der Waals surface area contributed by atoms with Crippen LogP contribution in [-0.2, 0) is 9.53 Å². The lowest BCUT2D eigenvalue weighted by atomic mass is 10.0. The highest BCUT2D eigenvalue weighted by molar-refractivity contribution is 6.09. The molecule has 4 nitrogen and oxygen atoms in total. The summed E-state index contributed by atoms with van der Waals surface area (Å²) in [4.78, 5) is 24.1. The Balaban J connectivity index is 2.24. The van der Waals surface area contributed by atoms with Gasteiger partial charge in [-0.15, -0.1) is 0 Å². The molecule has 23 heavy (non-hydrogen) atoms. The third-order valence-corrected chi connectivity index (χ3v) is 3.25. The Morgan fingerprint density at radius 1 is 1.00 bits per heavy atom. The van der Waals surface area contributed by atoms with Crippen molar-refractivity contribution in [3.8, 4) is 5.75 Å². The average molecular weight is 316 g/mol. The molecule has 0 heterocycles. The fourth-order valence-corrected chi connectivity index (χ4v) is 2.05. The highest BCUT2D eigenvalue weighted by Crippen LogP contribution is 2.22. The molecule has 0 atom stereocenters. The Morgan fingerprint density at radius 3 is 2.26 bits per heavy atom. The maximum Gasteiger partial charge on any atom is 0.349 e. The first-order valence-electron chi connectivity index (χ1n) is 7.01. The quantitative estimate of drug-likeness (QED) is 0.627. The number of benzene rings is 2. The largest absolute Gasteiger partial charge is 0.476 e. The van der Waals surface area contributed by atoms with Crippen molar-refractivity contribution in [2.75, 3.05) is 7.11 Å². The van der Waals surface area contributed by atoms with Crippen LogP contribution in [0.1, 0.15) is 29.8 Å². The first kappa shape index (κ1) is 16.7. The van der Waals surface area contributed by atoms with Crippen molar-refractivity contribution in [1.29, 1.82) is 0 Å². The van der Waals surface area contributed by atoms with Crippen molar-refractivity contribution in [3.05, 3.63) is 65.5 Å². The minimum Gasteiger partial charge on any atom is -0.476 e. The Labute approximate surface area is 133 Å². The van der Waals surface area contributed by atoms with Crippen LogP contribution in [0.15, 0.2) is 48.5 Å². The highest BCUT2D eigenvalue weighted by Gasteiger charge is 2.31. The maximum atomic E-state index is 12.9. The molecule has 2 rings (SSSR count). The lowest BCUT2D eigenvalue weighted by Crippen LogP contribution is -2.39. The van der Waals surface area contributed by atoms with E-state index in [4.69, 9.17) is 4.74 Å². The van der Waals surface area contributed by atoms with Crippen LogP contribution in [0.3, 0.4) is 0 Å². The summed E-state index contributed by atoms with van der Waals surface area (Å²) in [7, 11) is 1.28. The molecule has 0 amide bonds. The second kappa shape index (κ2) is 6.60. The minimum absolute atomic E-state index is 0.258. The normalized spacial score (nSPS) is 11.0. The van der Waals surface area contributed by atoms with E-state index in [9.17, 15) is 14.0 Å². The first-order valence-corrected chi connectivity index (χ1v) is 7.01. The van der Waals surface area contributed by atoms with Gasteiger partial charge in [0.05, 0.1) is 7.11 Å². The van der Waals surface area contributed by atoms with Gasteiger partial charge in [0.1, 0.15) is 11.6 Å². The van der Waals surface area contributed by atoms with Crippen LogP contribution < -0.4 is 4.74 Å². The van der Waals surface area contributed by atoms with E-state index in [1.165, 1.54) is 37.4 Å². The van der Waals surface area contributed by atoms with Gasteiger partial charge >= 0.3 is 5.97 Å². The molecular formula is C18H17FO4. The van der Waals surface area contributed by atoms with Gasteiger partial charge in [0, 0.05) is 11.1 Å². The number of methoxy groups -OCH3 is 1. The molecule has 2 aromatic rings. The van der Waals surface area contributed by atoms with Crippen molar-refractivity contribution in [1.82, 2.24) is 0 Å². The summed E-state index contributed by atoms with van der Waals surface area (Å²) in [5.74, 6) is -0.814. The van der Waals surface area contributed by atoms with Crippen LogP contribution in [0.5, 0.6) is 5.75 Å². The van der Waals surface area contributed by atoms with Crippen molar-refractivity contribution in [2.45, 2.75) is 19.4 Å². The summed E-state index contributed by atoms with van der Waals surface area (Å²) >= 11 is 0. The second-order valence-electron chi connectivity index (χ2n) is 5.47. The van der Waals surface area contributed by atoms with Crippen molar-refractivity contribution >= 4 is 11.8 Å². The van der Waals surface area contributed by atoms with Gasteiger partial charge in [0.2, 0.25) is 0 Å². The van der Waals surface area contributed by atoms with E-state index in [0.717, 1.165) is 0 Å². The zero-order valence-electron chi connectivity index (χ0n) is 13.1. The number of halogens is 1. The fraction of sp³-hybridized carbons (Fsp3) is 0.222. The minimum atomic E-state index is -1.17. The van der Waals surface area contributed by atoms with Gasteiger partial charge in [-0.25, -0.2) is 9.18 Å². The molecule has 0 unspecified atom stereocenters. The number of ketones is 1. The number of carbonyl (C=O) groups is 2. The molecule has 0 aliphatic carbocycles. The van der Waals surface area contributed by atoms with E-state index >= 15 is 0 Å². The lowest BCUT2D eigenvalue weighted by molar-refractivity contribution is -0.156. The van der Waals surface area contributed by atoms with E-state index in [0.29, 0.717) is 16.9 Å². The smallest absolute Gasteiger partial charge is 0.349 e. The Morgan fingerprint density at radius 2 is 1.65 bits per heavy atom. The highest BCUT2D eigenvalue weighted by atomic mass is 19.1. The molecule has 0 fully saturated rings. The summed E-state index contributed by atoms with van der Waals surface area (Å²) in [6, 6.07) is 11.8. The zero-order chi connectivity index (χ0) is 17.0. The van der Waals surface area contributed by atoms with Gasteiger partial charge in [-0.1, -0.05) is 12.1 Å². The van der Waals surface area contributed by atoms with E-state index in [-0.39, 0.29) is 5.78 Å². The SMILES string of the molecule is COC(=O)C(C)(C)Oc1cccc(C(=O)c2ccc(F)cc2)c1. The molecule has 0 bridgehead atoms. The van der Waals surface area contributed by atoms with Crippen LogP contribution in [0, 0.1) is 5.82 Å². The first-order chi connectivity index (χ1) is 10.8. The predicted octanol–water partition coefficient (Wildman–Crippen LogP) is 3.39. The summed E-state index contributed by atoms with van der Waals surface area (Å²) in [5, 5.41) is 0. The lowest BCUT2D eigenvalue weighted by Gasteiger charge is -2.23. The molecule has 0 spiro atoms. The van der Waals surface area contributed by atoms with Gasteiger partial charge in [0.25, 0.3) is 0 Å². The molecule has 0 aliphatic heterocycles. The number of carbonyl (C=O) groups excluding carboxylic acids is 2. The van der Waals surface area contributed by atoms with Crippen LogP contribution in [0.25, 0.3) is 0 Å². The molecule has 120 valence electrons. The van der Waals surface area contributed by atoms with Crippen molar-refractivity contribution in [2.24, 2.45) is 0 Å². The number of esters is 1. The van der Waals surface area contributed by atoms with Crippen LogP contribution in [0.4, 0.5) is 4.39 Å². The number of ether oxygens (including phenoxy) is 2. The topological polar surface area (TPSA) is 52.6 Å². The zero-order valence-corrected chi connectivity index (χ0v) is 13.1. The molecule has 5 heteroatoms. The van der Waals surface area contributed by atoms with E-state index in [1.807, 2.05) is 0 Å². The third-order valence-electron chi connectivity index (χ3n) is 3.25. The second-order valence-corrected chi connectivity index (χ2v) is 5.47. The summed E-state index contributed by atoms with van der Waals surface area (Å²) in [6.07, 6.45) is 0. The molecular weight excluding hydrogens is 299 g/mol. The van der Waals surface area contributed by atoms with Gasteiger partial charge in [-0.3, -0.25) is 4.79 Å². The molecule has 0 N–H and O–H groups in total. The predicted molar refractivity (Wildman–Crippen MR) is 83.0 cm³/mol.